The molecule has 1 aromatic carbocycles. The van der Waals surface area contributed by atoms with Crippen LogP contribution >= 0.6 is 0 Å². The lowest BCUT2D eigenvalue weighted by atomic mass is 10.00. The maximum atomic E-state index is 12.7. The molecular formula is C26H32N8O2. The zero-order valence-corrected chi connectivity index (χ0v) is 20.6. The second-order valence-electron chi connectivity index (χ2n) is 9.46. The van der Waals surface area contributed by atoms with Crippen LogP contribution in [0.25, 0.3) is 11.1 Å². The van der Waals surface area contributed by atoms with Gasteiger partial charge in [-0.15, -0.1) is 0 Å². The maximum absolute atomic E-state index is 12.7. The number of ether oxygens (including phenoxy) is 1. The van der Waals surface area contributed by atoms with Crippen molar-refractivity contribution in [3.63, 3.8) is 0 Å². The van der Waals surface area contributed by atoms with Gasteiger partial charge in [-0.05, 0) is 56.3 Å². The van der Waals surface area contributed by atoms with Crippen LogP contribution in [0, 0.1) is 11.3 Å². The summed E-state index contributed by atoms with van der Waals surface area (Å²) in [5, 5.41) is 21.4. The van der Waals surface area contributed by atoms with Crippen molar-refractivity contribution in [3.05, 3.63) is 48.2 Å². The molecule has 3 aromatic rings. The number of nitrogens with zero attached hydrogens (tertiary/aromatic N) is 4. The van der Waals surface area contributed by atoms with Gasteiger partial charge in [-0.1, -0.05) is 12.1 Å². The Morgan fingerprint density at radius 3 is 2.75 bits per heavy atom. The van der Waals surface area contributed by atoms with E-state index in [-0.39, 0.29) is 17.9 Å². The van der Waals surface area contributed by atoms with E-state index in [1.54, 1.807) is 6.20 Å². The van der Waals surface area contributed by atoms with E-state index in [9.17, 15) is 4.79 Å². The molecule has 0 radical (unpaired) electrons. The molecule has 5 rings (SSSR count). The summed E-state index contributed by atoms with van der Waals surface area (Å²) in [6.45, 7) is 5.87. The molecule has 2 aromatic heterocycles. The predicted octanol–water partition coefficient (Wildman–Crippen LogP) is 3.33. The fourth-order valence-corrected chi connectivity index (χ4v) is 4.82. The first-order chi connectivity index (χ1) is 17.5. The summed E-state index contributed by atoms with van der Waals surface area (Å²) in [5.41, 5.74) is 3.25. The molecule has 0 bridgehead atoms. The molecule has 2 aliphatic rings. The third-order valence-corrected chi connectivity index (χ3v) is 6.83. The quantitative estimate of drug-likeness (QED) is 0.376. The molecule has 0 saturated carbocycles. The molecule has 10 nitrogen and oxygen atoms in total. The number of hydrogen-bond donors (Lipinski definition) is 4. The van der Waals surface area contributed by atoms with Crippen LogP contribution in [0.4, 0.5) is 23.1 Å². The SMILES string of the molecule is C[C@@H]1COCCN1c1cc(-c2ccc(NC(=O)C3CCN(C)C3)cc2)c(C=N)c(Nc2ccn[nH]2)n1. The first kappa shape index (κ1) is 24.0. The fraction of sp³-hybridized carbons (Fsp3) is 0.385. The number of pyridine rings is 1. The summed E-state index contributed by atoms with van der Waals surface area (Å²) in [6, 6.07) is 11.8. The lowest BCUT2D eigenvalue weighted by molar-refractivity contribution is -0.119. The Morgan fingerprint density at radius 2 is 2.08 bits per heavy atom. The monoisotopic (exact) mass is 488 g/mol. The molecule has 2 aliphatic heterocycles. The van der Waals surface area contributed by atoms with Crippen LogP contribution in [0.1, 0.15) is 18.9 Å². The zero-order valence-electron chi connectivity index (χ0n) is 20.6. The minimum atomic E-state index is 0.0218. The Hall–Kier alpha value is -3.76. The van der Waals surface area contributed by atoms with E-state index in [2.05, 4.69) is 37.6 Å². The molecule has 2 fully saturated rings. The number of rotatable bonds is 7. The van der Waals surface area contributed by atoms with Gasteiger partial charge in [0.2, 0.25) is 5.91 Å². The van der Waals surface area contributed by atoms with Crippen molar-refractivity contribution in [1.29, 1.82) is 5.41 Å². The molecule has 10 heteroatoms. The summed E-state index contributed by atoms with van der Waals surface area (Å²) < 4.78 is 5.62. The van der Waals surface area contributed by atoms with Gasteiger partial charge in [-0.2, -0.15) is 5.10 Å². The van der Waals surface area contributed by atoms with Crippen molar-refractivity contribution < 1.29 is 9.53 Å². The van der Waals surface area contributed by atoms with Crippen LogP contribution in [0.2, 0.25) is 0 Å². The maximum Gasteiger partial charge on any atom is 0.228 e. The van der Waals surface area contributed by atoms with Gasteiger partial charge in [0.15, 0.2) is 0 Å². The Bertz CT molecular complexity index is 1210. The molecule has 1 amide bonds. The standard InChI is InChI=1S/C26H32N8O2/c1-17-16-36-12-11-34(17)24-13-21(22(14-27)25(31-24)30-23-7-9-28-32-23)18-3-5-20(6-4-18)29-26(35)19-8-10-33(2)15-19/h3-7,9,13-14,17,19,27H,8,10-12,15-16H2,1-2H3,(H,29,35)(H2,28,30,31,32)/t17-,19?/m1/s1. The topological polar surface area (TPSA) is 122 Å². The summed E-state index contributed by atoms with van der Waals surface area (Å²) in [5.74, 6) is 2.16. The molecule has 0 aliphatic carbocycles. The molecule has 4 heterocycles. The van der Waals surface area contributed by atoms with Crippen LogP contribution < -0.4 is 15.5 Å². The van der Waals surface area contributed by atoms with Crippen molar-refractivity contribution >= 4 is 35.3 Å². The molecule has 2 saturated heterocycles. The molecule has 2 atom stereocenters. The number of H-pyrrole nitrogens is 1. The lowest BCUT2D eigenvalue weighted by Gasteiger charge is -2.35. The number of aromatic amines is 1. The first-order valence-corrected chi connectivity index (χ1v) is 12.3. The summed E-state index contributed by atoms with van der Waals surface area (Å²) in [4.78, 5) is 21.9. The number of hydrogen-bond acceptors (Lipinski definition) is 8. The van der Waals surface area contributed by atoms with Crippen molar-refractivity contribution in [2.75, 3.05) is 55.4 Å². The predicted molar refractivity (Wildman–Crippen MR) is 141 cm³/mol. The van der Waals surface area contributed by atoms with E-state index in [1.807, 2.05) is 43.4 Å². The van der Waals surface area contributed by atoms with E-state index >= 15 is 0 Å². The van der Waals surface area contributed by atoms with E-state index in [1.165, 1.54) is 6.21 Å². The number of anilines is 4. The van der Waals surface area contributed by atoms with Crippen LogP contribution in [-0.2, 0) is 9.53 Å². The van der Waals surface area contributed by atoms with Gasteiger partial charge in [-0.25, -0.2) is 4.98 Å². The summed E-state index contributed by atoms with van der Waals surface area (Å²) >= 11 is 0. The lowest BCUT2D eigenvalue weighted by Crippen LogP contribution is -2.44. The minimum absolute atomic E-state index is 0.0218. The van der Waals surface area contributed by atoms with E-state index in [4.69, 9.17) is 15.1 Å². The van der Waals surface area contributed by atoms with E-state index < -0.39 is 0 Å². The number of morpholine rings is 1. The molecule has 36 heavy (non-hydrogen) atoms. The van der Waals surface area contributed by atoms with E-state index in [0.717, 1.165) is 48.7 Å². The van der Waals surface area contributed by atoms with Crippen LogP contribution in [0.15, 0.2) is 42.6 Å². The molecule has 1 unspecified atom stereocenters. The zero-order chi connectivity index (χ0) is 25.1. The summed E-state index contributed by atoms with van der Waals surface area (Å²) in [6.07, 6.45) is 3.87. The number of carbonyl (C=O) groups excluding carboxylic acids is 1. The number of amides is 1. The average Bonchev–Trinajstić information content (AvgIpc) is 3.56. The van der Waals surface area contributed by atoms with Gasteiger partial charge < -0.3 is 30.6 Å². The number of aromatic nitrogens is 3. The van der Waals surface area contributed by atoms with Crippen molar-refractivity contribution in [2.45, 2.75) is 19.4 Å². The number of nitrogens with one attached hydrogen (secondary N) is 4. The van der Waals surface area contributed by atoms with Crippen LogP contribution in [0.5, 0.6) is 0 Å². The van der Waals surface area contributed by atoms with E-state index in [0.29, 0.717) is 30.4 Å². The average molecular weight is 489 g/mol. The fourth-order valence-electron chi connectivity index (χ4n) is 4.82. The van der Waals surface area contributed by atoms with Gasteiger partial charge in [0.1, 0.15) is 17.5 Å². The molecule has 4 N–H and O–H groups in total. The summed E-state index contributed by atoms with van der Waals surface area (Å²) in [7, 11) is 2.04. The second kappa shape index (κ2) is 10.5. The Morgan fingerprint density at radius 1 is 1.25 bits per heavy atom. The molecular weight excluding hydrogens is 456 g/mol. The number of carbonyl (C=O) groups is 1. The highest BCUT2D eigenvalue weighted by Crippen LogP contribution is 2.34. The van der Waals surface area contributed by atoms with Crippen LogP contribution in [0.3, 0.4) is 0 Å². The Labute approximate surface area is 210 Å². The Kier molecular flexibility index (Phi) is 6.97. The number of likely N-dealkylation sites (tertiary alicyclic amines) is 1. The molecule has 0 spiro atoms. The van der Waals surface area contributed by atoms with Crippen molar-refractivity contribution in [1.82, 2.24) is 20.1 Å². The second-order valence-corrected chi connectivity index (χ2v) is 9.46. The first-order valence-electron chi connectivity index (χ1n) is 12.3. The van der Waals surface area contributed by atoms with Crippen molar-refractivity contribution in [3.8, 4) is 11.1 Å². The number of benzene rings is 1. The highest BCUT2D eigenvalue weighted by molar-refractivity contribution is 5.97. The third kappa shape index (κ3) is 5.09. The van der Waals surface area contributed by atoms with Gasteiger partial charge in [0.05, 0.1) is 31.4 Å². The van der Waals surface area contributed by atoms with Gasteiger partial charge in [-0.3, -0.25) is 9.89 Å². The smallest absolute Gasteiger partial charge is 0.228 e. The largest absolute Gasteiger partial charge is 0.377 e. The Balaban J connectivity index is 1.47. The van der Waals surface area contributed by atoms with Gasteiger partial charge in [0.25, 0.3) is 0 Å². The highest BCUT2D eigenvalue weighted by atomic mass is 16.5. The minimum Gasteiger partial charge on any atom is -0.377 e. The third-order valence-electron chi connectivity index (χ3n) is 6.83. The van der Waals surface area contributed by atoms with Crippen LogP contribution in [-0.4, -0.2) is 78.1 Å². The van der Waals surface area contributed by atoms with Gasteiger partial charge >= 0.3 is 0 Å². The highest BCUT2D eigenvalue weighted by Gasteiger charge is 2.26. The molecule has 188 valence electrons. The van der Waals surface area contributed by atoms with Gasteiger partial charge in [0, 0.05) is 36.6 Å². The normalized spacial score (nSPS) is 20.3. The van der Waals surface area contributed by atoms with Crippen molar-refractivity contribution in [2.24, 2.45) is 5.92 Å².